The van der Waals surface area contributed by atoms with Gasteiger partial charge in [0.25, 0.3) is 5.91 Å². The van der Waals surface area contributed by atoms with Crippen LogP contribution < -0.4 is 20.1 Å². The lowest BCUT2D eigenvalue weighted by atomic mass is 9.92. The van der Waals surface area contributed by atoms with Crippen LogP contribution in [-0.2, 0) is 24.4 Å². The number of ether oxygens (including phenoxy) is 1. The molecule has 6 rings (SSSR count). The quantitative estimate of drug-likeness (QED) is 0.337. The zero-order valence-corrected chi connectivity index (χ0v) is 27.2. The standard InChI is InChI=1S/C33H41N5O8S/c1-19-6-5-7-20(2)27(35-32(42)43)30(40)38-18-23(46-29-25-9-4-3-8-21(25)14-15-34-29)16-26(38)28(39)36-33(17-22(33)11-10-19)31(41)37-47(44,45)24-12-13-24/h3-4,8-11,14-15,19-20,22-24,26-27,35H,5-7,12-13,16-18H2,1-2H3,(H,36,39)(H,37,41)(H,42,43)/t19-,20-,22-,23-,26+,27+,33-/m1/s1. The van der Waals surface area contributed by atoms with Gasteiger partial charge in [-0.15, -0.1) is 0 Å². The predicted molar refractivity (Wildman–Crippen MR) is 172 cm³/mol. The van der Waals surface area contributed by atoms with Crippen LogP contribution in [0.1, 0.15) is 58.8 Å². The Kier molecular flexibility index (Phi) is 8.90. The van der Waals surface area contributed by atoms with E-state index in [1.807, 2.05) is 56.3 Å². The number of allylic oxidation sites excluding steroid dienone is 1. The third kappa shape index (κ3) is 6.92. The van der Waals surface area contributed by atoms with Crippen LogP contribution in [0, 0.1) is 17.8 Å². The molecule has 4 amide bonds. The molecular formula is C33H41N5O8S. The molecule has 13 nitrogen and oxygen atoms in total. The normalized spacial score (nSPS) is 31.5. The number of carbonyl (C=O) groups is 4. The first-order valence-corrected chi connectivity index (χ1v) is 17.8. The number of sulfonamides is 1. The maximum Gasteiger partial charge on any atom is 0.405 e. The maximum absolute atomic E-state index is 14.2. The Bertz CT molecular complexity index is 1710. The molecule has 1 aromatic heterocycles. The highest BCUT2D eigenvalue weighted by Crippen LogP contribution is 2.46. The highest BCUT2D eigenvalue weighted by molar-refractivity contribution is 7.91. The summed E-state index contributed by atoms with van der Waals surface area (Å²) in [5, 5.41) is 15.9. The minimum atomic E-state index is -3.88. The molecule has 3 fully saturated rings. The second-order valence-electron chi connectivity index (χ2n) is 13.5. The Morgan fingerprint density at radius 1 is 1.09 bits per heavy atom. The van der Waals surface area contributed by atoms with Crippen molar-refractivity contribution in [2.24, 2.45) is 17.8 Å². The van der Waals surface area contributed by atoms with Gasteiger partial charge in [-0.2, -0.15) is 0 Å². The highest BCUT2D eigenvalue weighted by atomic mass is 32.2. The number of pyridine rings is 1. The van der Waals surface area contributed by atoms with Crippen molar-refractivity contribution in [3.8, 4) is 5.88 Å². The number of nitrogens with zero attached hydrogens (tertiary/aromatic N) is 2. The summed E-state index contributed by atoms with van der Waals surface area (Å²) < 4.78 is 34.0. The predicted octanol–water partition coefficient (Wildman–Crippen LogP) is 2.71. The summed E-state index contributed by atoms with van der Waals surface area (Å²) in [6, 6.07) is 7.12. The molecule has 1 saturated heterocycles. The van der Waals surface area contributed by atoms with Crippen molar-refractivity contribution in [1.82, 2.24) is 25.2 Å². The first kappa shape index (κ1) is 32.7. The summed E-state index contributed by atoms with van der Waals surface area (Å²) in [5.74, 6) is -2.39. The molecule has 2 aromatic rings. The number of hydrogen-bond donors (Lipinski definition) is 4. The van der Waals surface area contributed by atoms with E-state index in [1.165, 1.54) is 4.90 Å². The van der Waals surface area contributed by atoms with Crippen LogP contribution in [0.25, 0.3) is 10.8 Å². The number of amides is 4. The van der Waals surface area contributed by atoms with E-state index in [4.69, 9.17) is 4.74 Å². The summed E-state index contributed by atoms with van der Waals surface area (Å²) in [7, 11) is -3.88. The lowest BCUT2D eigenvalue weighted by Crippen LogP contribution is -2.59. The first-order valence-electron chi connectivity index (χ1n) is 16.2. The van der Waals surface area contributed by atoms with Crippen LogP contribution in [-0.4, -0.2) is 82.7 Å². The van der Waals surface area contributed by atoms with Crippen molar-refractivity contribution >= 4 is 44.6 Å². The van der Waals surface area contributed by atoms with Crippen LogP contribution in [0.4, 0.5) is 4.79 Å². The van der Waals surface area contributed by atoms with Crippen LogP contribution >= 0.6 is 0 Å². The highest BCUT2D eigenvalue weighted by Gasteiger charge is 2.62. The topological polar surface area (TPSA) is 184 Å². The van der Waals surface area contributed by atoms with Gasteiger partial charge in [-0.1, -0.05) is 50.6 Å². The molecule has 4 N–H and O–H groups in total. The van der Waals surface area contributed by atoms with Crippen molar-refractivity contribution in [3.63, 3.8) is 0 Å². The third-order valence-corrected chi connectivity index (χ3v) is 11.7. The Balaban J connectivity index is 1.33. The van der Waals surface area contributed by atoms with Crippen molar-refractivity contribution < 1.29 is 37.4 Å². The van der Waals surface area contributed by atoms with Crippen molar-refractivity contribution in [1.29, 1.82) is 0 Å². The van der Waals surface area contributed by atoms with Gasteiger partial charge in [-0.3, -0.25) is 19.1 Å². The van der Waals surface area contributed by atoms with Gasteiger partial charge in [-0.05, 0) is 61.5 Å². The number of hydrogen-bond acceptors (Lipinski definition) is 8. The second kappa shape index (κ2) is 12.8. The molecule has 0 unspecified atom stereocenters. The first-order chi connectivity index (χ1) is 22.4. The fourth-order valence-corrected chi connectivity index (χ4v) is 8.16. The summed E-state index contributed by atoms with van der Waals surface area (Å²) in [5.41, 5.74) is -1.51. The fraction of sp³-hybridized carbons (Fsp3) is 0.545. The molecule has 0 bridgehead atoms. The third-order valence-electron chi connectivity index (χ3n) is 9.83. The molecular weight excluding hydrogens is 626 g/mol. The van der Waals surface area contributed by atoms with E-state index in [0.717, 1.165) is 17.2 Å². The van der Waals surface area contributed by atoms with E-state index in [1.54, 1.807) is 6.20 Å². The van der Waals surface area contributed by atoms with Gasteiger partial charge in [0.15, 0.2) is 0 Å². The van der Waals surface area contributed by atoms with Gasteiger partial charge in [0.1, 0.15) is 23.7 Å². The van der Waals surface area contributed by atoms with Crippen LogP contribution in [0.15, 0.2) is 48.7 Å². The van der Waals surface area contributed by atoms with Crippen LogP contribution in [0.2, 0.25) is 0 Å². The molecule has 2 aliphatic heterocycles. The smallest absolute Gasteiger partial charge is 0.405 e. The lowest BCUT2D eigenvalue weighted by molar-refractivity contribution is -0.142. The molecule has 2 aliphatic carbocycles. The number of nitrogens with one attached hydrogen (secondary N) is 3. The van der Waals surface area contributed by atoms with Gasteiger partial charge in [0.05, 0.1) is 11.8 Å². The zero-order chi connectivity index (χ0) is 33.5. The monoisotopic (exact) mass is 667 g/mol. The van der Waals surface area contributed by atoms with Crippen molar-refractivity contribution in [2.75, 3.05) is 6.54 Å². The summed E-state index contributed by atoms with van der Waals surface area (Å²) in [6.45, 7) is 3.80. The van der Waals surface area contributed by atoms with Gasteiger partial charge in [0, 0.05) is 23.9 Å². The molecule has 47 heavy (non-hydrogen) atoms. The van der Waals surface area contributed by atoms with Gasteiger partial charge < -0.3 is 25.4 Å². The average Bonchev–Trinajstić information content (AvgIpc) is 3.95. The Morgan fingerprint density at radius 2 is 1.85 bits per heavy atom. The molecule has 0 spiro atoms. The fourth-order valence-electron chi connectivity index (χ4n) is 6.79. The molecule has 3 heterocycles. The number of rotatable bonds is 6. The summed E-state index contributed by atoms with van der Waals surface area (Å²) in [6.07, 6.45) is 6.63. The van der Waals surface area contributed by atoms with E-state index < -0.39 is 68.7 Å². The number of benzene rings is 1. The van der Waals surface area contributed by atoms with Gasteiger partial charge >= 0.3 is 6.09 Å². The van der Waals surface area contributed by atoms with Crippen molar-refractivity contribution in [2.45, 2.75) is 87.8 Å². The number of carbonyl (C=O) groups excluding carboxylic acids is 3. The maximum atomic E-state index is 14.2. The van der Waals surface area contributed by atoms with Crippen LogP contribution in [0.5, 0.6) is 5.88 Å². The molecule has 0 radical (unpaired) electrons. The summed E-state index contributed by atoms with van der Waals surface area (Å²) >= 11 is 0. The second-order valence-corrected chi connectivity index (χ2v) is 15.4. The average molecular weight is 668 g/mol. The van der Waals surface area contributed by atoms with E-state index in [0.29, 0.717) is 31.6 Å². The van der Waals surface area contributed by atoms with E-state index in [9.17, 15) is 32.7 Å². The number of carboxylic acid groups (broad SMARTS) is 1. The molecule has 4 aliphatic rings. The number of fused-ring (bicyclic) bond motifs is 3. The Labute approximate surface area is 273 Å². The zero-order valence-electron chi connectivity index (χ0n) is 26.4. The largest absolute Gasteiger partial charge is 0.472 e. The Hall–Kier alpha value is -4.20. The Morgan fingerprint density at radius 3 is 2.60 bits per heavy atom. The lowest BCUT2D eigenvalue weighted by Gasteiger charge is -2.31. The summed E-state index contributed by atoms with van der Waals surface area (Å²) in [4.78, 5) is 59.5. The number of aromatic nitrogens is 1. The molecule has 252 valence electrons. The SMILES string of the molecule is C[C@@H]1CCC[C@@H](C)C=C[C@@H]2C[C@@]2(C(=O)NS(=O)(=O)C2CC2)NC(=O)[C@@H]2C[C@@H](Oc3nccc4ccccc34)CN2C(=O)[C@H]1NC(=O)O. The van der Waals surface area contributed by atoms with E-state index >= 15 is 0 Å². The van der Waals surface area contributed by atoms with E-state index in [-0.39, 0.29) is 31.2 Å². The van der Waals surface area contributed by atoms with Gasteiger partial charge in [0.2, 0.25) is 27.7 Å². The van der Waals surface area contributed by atoms with E-state index in [2.05, 4.69) is 20.3 Å². The van der Waals surface area contributed by atoms with Gasteiger partial charge in [-0.25, -0.2) is 18.2 Å². The molecule has 14 heteroatoms. The molecule has 7 atom stereocenters. The van der Waals surface area contributed by atoms with Crippen molar-refractivity contribution in [3.05, 3.63) is 48.7 Å². The molecule has 2 saturated carbocycles. The van der Waals surface area contributed by atoms with Crippen LogP contribution in [0.3, 0.4) is 0 Å². The minimum Gasteiger partial charge on any atom is -0.472 e. The molecule has 1 aromatic carbocycles. The minimum absolute atomic E-state index is 0.0258.